The van der Waals surface area contributed by atoms with Gasteiger partial charge in [-0.3, -0.25) is 0 Å². The third-order valence-corrected chi connectivity index (χ3v) is 5.52. The maximum Gasteiger partial charge on any atom is 0.0349 e. The van der Waals surface area contributed by atoms with Gasteiger partial charge in [-0.25, -0.2) is 0 Å². The van der Waals surface area contributed by atoms with Crippen molar-refractivity contribution in [2.75, 3.05) is 18.8 Å². The van der Waals surface area contributed by atoms with Crippen LogP contribution in [0.25, 0.3) is 0 Å². The quantitative estimate of drug-likeness (QED) is 0.447. The minimum atomic E-state index is 0. The van der Waals surface area contributed by atoms with Gasteiger partial charge < -0.3 is 10.6 Å². The van der Waals surface area contributed by atoms with Crippen LogP contribution in [-0.4, -0.2) is 24.0 Å². The second kappa shape index (κ2) is 12.3. The van der Waals surface area contributed by atoms with Crippen molar-refractivity contribution in [1.82, 2.24) is 4.90 Å². The van der Waals surface area contributed by atoms with E-state index in [4.69, 9.17) is 5.73 Å². The lowest BCUT2D eigenvalue weighted by atomic mass is 9.86. The highest BCUT2D eigenvalue weighted by molar-refractivity contribution is 5.85. The first-order valence-corrected chi connectivity index (χ1v) is 9.92. The number of hydrogen-bond donors (Lipinski definition) is 1. The predicted octanol–water partition coefficient (Wildman–Crippen LogP) is 5.70. The number of nitrogens with zero attached hydrogens (tertiary/aromatic N) is 1. The number of hydrogen-bond acceptors (Lipinski definition) is 2. The van der Waals surface area contributed by atoms with Crippen LogP contribution < -0.4 is 5.73 Å². The second-order valence-electron chi connectivity index (χ2n) is 7.36. The van der Waals surface area contributed by atoms with Gasteiger partial charge in [-0.15, -0.1) is 24.8 Å². The molecule has 2 N–H and O–H groups in total. The second-order valence-corrected chi connectivity index (χ2v) is 7.36. The zero-order valence-corrected chi connectivity index (χ0v) is 18.0. The number of fused-ring (bicyclic) bond motifs is 1. The molecular weight excluding hydrogens is 375 g/mol. The number of nitrogens with two attached hydrogens (primary N) is 1. The van der Waals surface area contributed by atoms with Gasteiger partial charge in [-0.05, 0) is 80.8 Å². The highest BCUT2D eigenvalue weighted by Crippen LogP contribution is 2.28. The molecule has 0 radical (unpaired) electrons. The van der Waals surface area contributed by atoms with Crippen molar-refractivity contribution in [3.63, 3.8) is 0 Å². The van der Waals surface area contributed by atoms with Crippen LogP contribution in [0.2, 0.25) is 0 Å². The largest absolute Gasteiger partial charge is 0.398 e. The highest BCUT2D eigenvalue weighted by atomic mass is 35.5. The molecule has 0 spiro atoms. The third kappa shape index (κ3) is 6.71. The van der Waals surface area contributed by atoms with Crippen molar-refractivity contribution >= 4 is 30.5 Å². The Morgan fingerprint density at radius 1 is 0.963 bits per heavy atom. The van der Waals surface area contributed by atoms with Gasteiger partial charge >= 0.3 is 0 Å². The molecule has 0 amide bonds. The van der Waals surface area contributed by atoms with Crippen LogP contribution in [0.1, 0.15) is 49.3 Å². The van der Waals surface area contributed by atoms with E-state index in [1.54, 1.807) is 0 Å². The molecule has 1 atom stereocenters. The van der Waals surface area contributed by atoms with Gasteiger partial charge in [0, 0.05) is 11.7 Å². The lowest BCUT2D eigenvalue weighted by Gasteiger charge is -2.35. The Labute approximate surface area is 177 Å². The Hall–Kier alpha value is -1.22. The number of unbranched alkanes of at least 4 members (excludes halogenated alkanes) is 1. The number of rotatable bonds is 8. The molecule has 150 valence electrons. The lowest BCUT2D eigenvalue weighted by molar-refractivity contribution is 0.176. The Kier molecular flexibility index (Phi) is 10.8. The molecule has 0 bridgehead atoms. The average Bonchev–Trinajstić information content (AvgIpc) is 2.65. The first-order valence-electron chi connectivity index (χ1n) is 9.92. The van der Waals surface area contributed by atoms with Crippen molar-refractivity contribution < 1.29 is 0 Å². The Bertz CT molecular complexity index is 661. The Balaban J connectivity index is 0.00000182. The molecule has 2 nitrogen and oxygen atoms in total. The number of halogens is 2. The summed E-state index contributed by atoms with van der Waals surface area (Å²) in [6, 6.07) is 18.0. The van der Waals surface area contributed by atoms with Gasteiger partial charge in [-0.2, -0.15) is 0 Å². The van der Waals surface area contributed by atoms with Crippen LogP contribution in [0.4, 0.5) is 5.69 Å². The van der Waals surface area contributed by atoms with E-state index in [9.17, 15) is 0 Å². The fraction of sp³-hybridized carbons (Fsp3) is 0.478. The number of anilines is 1. The minimum Gasteiger partial charge on any atom is -0.398 e. The maximum atomic E-state index is 6.16. The first kappa shape index (κ1) is 23.8. The number of nitrogen functional groups attached to an aromatic ring is 1. The molecule has 27 heavy (non-hydrogen) atoms. The van der Waals surface area contributed by atoms with Crippen molar-refractivity contribution in [2.45, 2.75) is 57.9 Å². The Morgan fingerprint density at radius 3 is 2.48 bits per heavy atom. The van der Waals surface area contributed by atoms with Crippen LogP contribution in [0.3, 0.4) is 0 Å². The summed E-state index contributed by atoms with van der Waals surface area (Å²) in [5.74, 6) is 0. The van der Waals surface area contributed by atoms with Crippen molar-refractivity contribution in [1.29, 1.82) is 0 Å². The summed E-state index contributed by atoms with van der Waals surface area (Å²) < 4.78 is 0. The molecule has 2 aromatic rings. The lowest BCUT2D eigenvalue weighted by Crippen LogP contribution is -2.40. The van der Waals surface area contributed by atoms with Crippen molar-refractivity contribution in [2.24, 2.45) is 0 Å². The topological polar surface area (TPSA) is 29.3 Å². The van der Waals surface area contributed by atoms with Gasteiger partial charge in [0.05, 0.1) is 0 Å². The monoisotopic (exact) mass is 408 g/mol. The summed E-state index contributed by atoms with van der Waals surface area (Å²) in [5.41, 5.74) is 11.5. The molecule has 0 saturated heterocycles. The first-order chi connectivity index (χ1) is 12.3. The van der Waals surface area contributed by atoms with Gasteiger partial charge in [0.25, 0.3) is 0 Å². The number of benzene rings is 2. The van der Waals surface area contributed by atoms with Gasteiger partial charge in [0.1, 0.15) is 0 Å². The summed E-state index contributed by atoms with van der Waals surface area (Å²) in [5, 5.41) is 0. The van der Waals surface area contributed by atoms with Gasteiger partial charge in [0.2, 0.25) is 0 Å². The smallest absolute Gasteiger partial charge is 0.0349 e. The maximum absolute atomic E-state index is 6.16. The van der Waals surface area contributed by atoms with E-state index in [0.29, 0.717) is 6.04 Å². The molecule has 3 rings (SSSR count). The third-order valence-electron chi connectivity index (χ3n) is 5.52. The zero-order chi connectivity index (χ0) is 17.5. The van der Waals surface area contributed by atoms with E-state index in [1.165, 1.54) is 68.3 Å². The molecule has 0 saturated carbocycles. The van der Waals surface area contributed by atoms with Crippen LogP contribution in [0.15, 0.2) is 48.5 Å². The van der Waals surface area contributed by atoms with Gasteiger partial charge in [0.15, 0.2) is 0 Å². The van der Waals surface area contributed by atoms with Crippen molar-refractivity contribution in [3.05, 3.63) is 65.2 Å². The molecule has 2 aromatic carbocycles. The molecule has 1 unspecified atom stereocenters. The summed E-state index contributed by atoms with van der Waals surface area (Å²) in [6.45, 7) is 4.74. The van der Waals surface area contributed by atoms with Crippen molar-refractivity contribution in [3.8, 4) is 0 Å². The van der Waals surface area contributed by atoms with Crippen LogP contribution >= 0.6 is 24.8 Å². The molecule has 0 aromatic heterocycles. The predicted molar refractivity (Wildman–Crippen MR) is 122 cm³/mol. The van der Waals surface area contributed by atoms with E-state index in [-0.39, 0.29) is 24.8 Å². The molecule has 0 heterocycles. The molecular formula is C23H34Cl2N2. The van der Waals surface area contributed by atoms with E-state index >= 15 is 0 Å². The van der Waals surface area contributed by atoms with Crippen LogP contribution in [0, 0.1) is 0 Å². The fourth-order valence-corrected chi connectivity index (χ4v) is 4.18. The van der Waals surface area contributed by atoms with Crippen LogP contribution in [-0.2, 0) is 19.3 Å². The summed E-state index contributed by atoms with van der Waals surface area (Å²) in [4.78, 5) is 2.73. The van der Waals surface area contributed by atoms with E-state index in [1.807, 2.05) is 6.07 Å². The fourth-order valence-electron chi connectivity index (χ4n) is 4.18. The minimum absolute atomic E-state index is 0. The molecule has 1 aliphatic rings. The molecule has 4 heteroatoms. The SMILES string of the molecule is CCCN(CCCCc1ccccc1)C1CCc2c(N)cccc2C1.Cl.Cl. The summed E-state index contributed by atoms with van der Waals surface area (Å²) in [7, 11) is 0. The molecule has 0 fully saturated rings. The van der Waals surface area contributed by atoms with E-state index < -0.39 is 0 Å². The normalized spacial score (nSPS) is 15.6. The number of aryl methyl sites for hydroxylation is 1. The van der Waals surface area contributed by atoms with E-state index in [2.05, 4.69) is 54.3 Å². The average molecular weight is 409 g/mol. The zero-order valence-electron chi connectivity index (χ0n) is 16.4. The highest BCUT2D eigenvalue weighted by Gasteiger charge is 2.24. The van der Waals surface area contributed by atoms with Crippen LogP contribution in [0.5, 0.6) is 0 Å². The van der Waals surface area contributed by atoms with E-state index in [0.717, 1.165) is 12.1 Å². The summed E-state index contributed by atoms with van der Waals surface area (Å²) >= 11 is 0. The van der Waals surface area contributed by atoms with Gasteiger partial charge in [-0.1, -0.05) is 49.4 Å². The summed E-state index contributed by atoms with van der Waals surface area (Å²) in [6.07, 6.45) is 8.55. The molecule has 0 aliphatic heterocycles. The standard InChI is InChI=1S/C23H32N2.2ClH/c1-2-16-25(17-7-6-11-19-9-4-3-5-10-19)21-14-15-22-20(18-21)12-8-13-23(22)24;;/h3-5,8-10,12-13,21H,2,6-7,11,14-18,24H2,1H3;2*1H. The Morgan fingerprint density at radius 2 is 1.74 bits per heavy atom. The molecule has 1 aliphatic carbocycles.